The fourth-order valence-electron chi connectivity index (χ4n) is 3.75. The summed E-state index contributed by atoms with van der Waals surface area (Å²) in [5.74, 6) is 0. The summed E-state index contributed by atoms with van der Waals surface area (Å²) in [5, 5.41) is 0. The summed E-state index contributed by atoms with van der Waals surface area (Å²) in [4.78, 5) is 2.25. The van der Waals surface area contributed by atoms with Crippen LogP contribution in [0.15, 0.2) is 30.3 Å². The predicted octanol–water partition coefficient (Wildman–Crippen LogP) is 3.85. The van der Waals surface area contributed by atoms with E-state index < -0.39 is 0 Å². The first-order valence-electron chi connectivity index (χ1n) is 7.15. The van der Waals surface area contributed by atoms with Crippen LogP contribution in [0.2, 0.25) is 0 Å². The molecule has 3 rings (SSSR count). The van der Waals surface area contributed by atoms with Crippen LogP contribution in [0.1, 0.15) is 43.2 Å². The van der Waals surface area contributed by atoms with Gasteiger partial charge < -0.3 is 4.90 Å². The molecule has 0 amide bonds. The van der Waals surface area contributed by atoms with E-state index in [1.165, 1.54) is 37.7 Å². The van der Waals surface area contributed by atoms with Crippen molar-refractivity contribution in [2.45, 2.75) is 37.5 Å². The van der Waals surface area contributed by atoms with Crippen LogP contribution in [-0.4, -0.2) is 25.5 Å². The molecular weight excluding hydrogens is 218 g/mol. The molecule has 1 aromatic carbocycles. The SMILES string of the molecule is CN(C)CC=C1CC2(CCCC2)c2ccccc21. The third-order valence-corrected chi connectivity index (χ3v) is 4.64. The molecule has 0 radical (unpaired) electrons. The molecule has 2 aliphatic rings. The second-order valence-corrected chi connectivity index (χ2v) is 6.20. The molecule has 2 aliphatic carbocycles. The van der Waals surface area contributed by atoms with Crippen molar-refractivity contribution < 1.29 is 0 Å². The maximum atomic E-state index is 2.44. The summed E-state index contributed by atoms with van der Waals surface area (Å²) in [5.41, 5.74) is 5.24. The van der Waals surface area contributed by atoms with Crippen LogP contribution >= 0.6 is 0 Å². The van der Waals surface area contributed by atoms with Crippen LogP contribution in [0.25, 0.3) is 5.57 Å². The highest BCUT2D eigenvalue weighted by molar-refractivity contribution is 5.76. The second kappa shape index (κ2) is 4.55. The number of fused-ring (bicyclic) bond motifs is 2. The molecule has 0 saturated heterocycles. The van der Waals surface area contributed by atoms with Gasteiger partial charge in [0.15, 0.2) is 0 Å². The number of hydrogen-bond donors (Lipinski definition) is 0. The summed E-state index contributed by atoms with van der Waals surface area (Å²) >= 11 is 0. The number of likely N-dealkylation sites (N-methyl/N-ethyl adjacent to an activating group) is 1. The zero-order valence-electron chi connectivity index (χ0n) is 11.6. The molecule has 96 valence electrons. The largest absolute Gasteiger partial charge is 0.306 e. The van der Waals surface area contributed by atoms with Crippen LogP contribution in [0.3, 0.4) is 0 Å². The Bertz CT molecular complexity index is 464. The van der Waals surface area contributed by atoms with Gasteiger partial charge in [0.2, 0.25) is 0 Å². The highest BCUT2D eigenvalue weighted by Crippen LogP contribution is 2.54. The van der Waals surface area contributed by atoms with Gasteiger partial charge in [0.25, 0.3) is 0 Å². The van der Waals surface area contributed by atoms with Crippen molar-refractivity contribution in [3.05, 3.63) is 41.5 Å². The molecule has 0 N–H and O–H groups in total. The first-order valence-corrected chi connectivity index (χ1v) is 7.15. The van der Waals surface area contributed by atoms with Crippen LogP contribution in [0, 0.1) is 0 Å². The molecule has 0 heterocycles. The Morgan fingerprint density at radius 3 is 2.61 bits per heavy atom. The molecule has 0 unspecified atom stereocenters. The zero-order chi connectivity index (χ0) is 12.6. The van der Waals surface area contributed by atoms with E-state index in [2.05, 4.69) is 49.3 Å². The molecule has 1 aromatic rings. The Morgan fingerprint density at radius 1 is 1.17 bits per heavy atom. The number of hydrogen-bond acceptors (Lipinski definition) is 1. The van der Waals surface area contributed by atoms with Gasteiger partial charge in [0.05, 0.1) is 0 Å². The van der Waals surface area contributed by atoms with Gasteiger partial charge in [0.1, 0.15) is 0 Å². The van der Waals surface area contributed by atoms with Crippen LogP contribution in [-0.2, 0) is 5.41 Å². The van der Waals surface area contributed by atoms with E-state index in [0.717, 1.165) is 6.54 Å². The molecule has 1 fully saturated rings. The lowest BCUT2D eigenvalue weighted by atomic mass is 9.80. The topological polar surface area (TPSA) is 3.24 Å². The normalized spacial score (nSPS) is 23.2. The molecule has 1 saturated carbocycles. The first-order chi connectivity index (χ1) is 8.71. The monoisotopic (exact) mass is 241 g/mol. The van der Waals surface area contributed by atoms with Crippen molar-refractivity contribution in [3.8, 4) is 0 Å². The molecule has 0 aliphatic heterocycles. The maximum absolute atomic E-state index is 2.44. The van der Waals surface area contributed by atoms with Gasteiger partial charge in [-0.15, -0.1) is 0 Å². The lowest BCUT2D eigenvalue weighted by Crippen LogP contribution is -2.17. The van der Waals surface area contributed by atoms with Crippen LogP contribution in [0.5, 0.6) is 0 Å². The van der Waals surface area contributed by atoms with Gasteiger partial charge in [-0.3, -0.25) is 0 Å². The average molecular weight is 241 g/mol. The van der Waals surface area contributed by atoms with Crippen molar-refractivity contribution in [2.24, 2.45) is 0 Å². The Morgan fingerprint density at radius 2 is 1.89 bits per heavy atom. The van der Waals surface area contributed by atoms with Gasteiger partial charge in [0, 0.05) is 6.54 Å². The van der Waals surface area contributed by atoms with E-state index in [4.69, 9.17) is 0 Å². The van der Waals surface area contributed by atoms with E-state index >= 15 is 0 Å². The van der Waals surface area contributed by atoms with Crippen molar-refractivity contribution in [1.82, 2.24) is 4.90 Å². The van der Waals surface area contributed by atoms with E-state index in [1.54, 1.807) is 11.1 Å². The summed E-state index contributed by atoms with van der Waals surface area (Å²) in [6, 6.07) is 9.10. The summed E-state index contributed by atoms with van der Waals surface area (Å²) in [6.45, 7) is 1.06. The lowest BCUT2D eigenvalue weighted by molar-refractivity contribution is 0.453. The highest BCUT2D eigenvalue weighted by Gasteiger charge is 2.42. The van der Waals surface area contributed by atoms with Crippen LogP contribution in [0.4, 0.5) is 0 Å². The molecule has 0 aromatic heterocycles. The van der Waals surface area contributed by atoms with Gasteiger partial charge in [-0.25, -0.2) is 0 Å². The zero-order valence-corrected chi connectivity index (χ0v) is 11.6. The minimum atomic E-state index is 0.495. The number of rotatable bonds is 2. The smallest absolute Gasteiger partial charge is 0.0163 e. The maximum Gasteiger partial charge on any atom is 0.0163 e. The van der Waals surface area contributed by atoms with E-state index in [0.29, 0.717) is 5.41 Å². The quantitative estimate of drug-likeness (QED) is 0.760. The second-order valence-electron chi connectivity index (χ2n) is 6.20. The van der Waals surface area contributed by atoms with Crippen LogP contribution < -0.4 is 0 Å². The Hall–Kier alpha value is -1.08. The number of allylic oxidation sites excluding steroid dienone is 1. The van der Waals surface area contributed by atoms with Crippen molar-refractivity contribution >= 4 is 5.57 Å². The van der Waals surface area contributed by atoms with Gasteiger partial charge in [-0.1, -0.05) is 43.2 Å². The van der Waals surface area contributed by atoms with Crippen molar-refractivity contribution in [2.75, 3.05) is 20.6 Å². The van der Waals surface area contributed by atoms with Crippen molar-refractivity contribution in [3.63, 3.8) is 0 Å². The molecule has 0 bridgehead atoms. The van der Waals surface area contributed by atoms with Crippen molar-refractivity contribution in [1.29, 1.82) is 0 Å². The Kier molecular flexibility index (Phi) is 3.03. The fraction of sp³-hybridized carbons (Fsp3) is 0.529. The van der Waals surface area contributed by atoms with E-state index in [1.807, 2.05) is 0 Å². The summed E-state index contributed by atoms with van der Waals surface area (Å²) in [6.07, 6.45) is 9.32. The number of nitrogens with zero attached hydrogens (tertiary/aromatic N) is 1. The van der Waals surface area contributed by atoms with Gasteiger partial charge in [-0.05, 0) is 55.5 Å². The van der Waals surface area contributed by atoms with Gasteiger partial charge in [-0.2, -0.15) is 0 Å². The Labute approximate surface area is 111 Å². The van der Waals surface area contributed by atoms with E-state index in [-0.39, 0.29) is 0 Å². The number of benzene rings is 1. The lowest BCUT2D eigenvalue weighted by Gasteiger charge is -2.23. The van der Waals surface area contributed by atoms with Gasteiger partial charge >= 0.3 is 0 Å². The Balaban J connectivity index is 1.99. The highest BCUT2D eigenvalue weighted by atomic mass is 15.0. The van der Waals surface area contributed by atoms with E-state index in [9.17, 15) is 0 Å². The standard InChI is InChI=1S/C17H23N/c1-18(2)12-9-14-13-17(10-5-6-11-17)16-8-4-3-7-15(14)16/h3-4,7-9H,5-6,10-13H2,1-2H3. The first kappa shape index (κ1) is 12.0. The molecule has 1 nitrogen and oxygen atoms in total. The summed E-state index contributed by atoms with van der Waals surface area (Å²) in [7, 11) is 4.28. The molecule has 1 spiro atoms. The predicted molar refractivity (Wildman–Crippen MR) is 77.7 cm³/mol. The minimum Gasteiger partial charge on any atom is -0.306 e. The third kappa shape index (κ3) is 1.91. The average Bonchev–Trinajstić information content (AvgIpc) is 2.95. The molecule has 1 heteroatoms. The molecule has 0 atom stereocenters. The minimum absolute atomic E-state index is 0.495. The fourth-order valence-corrected chi connectivity index (χ4v) is 3.75. The third-order valence-electron chi connectivity index (χ3n) is 4.64. The molecule has 18 heavy (non-hydrogen) atoms. The molecular formula is C17H23N. The summed E-state index contributed by atoms with van der Waals surface area (Å²) < 4.78 is 0.